The van der Waals surface area contributed by atoms with Crippen LogP contribution in [0.25, 0.3) is 0 Å². The van der Waals surface area contributed by atoms with E-state index in [1.54, 1.807) is 4.71 Å². The number of hydrogen-bond acceptors (Lipinski definition) is 0. The quantitative estimate of drug-likeness (QED) is 0.466. The summed E-state index contributed by atoms with van der Waals surface area (Å²) < 4.78 is 1.56. The van der Waals surface area contributed by atoms with Crippen LogP contribution in [0, 0.1) is 4.71 Å². The minimum absolute atomic E-state index is 0. The van der Waals surface area contributed by atoms with Gasteiger partial charge in [-0.05, 0) is 0 Å². The van der Waals surface area contributed by atoms with Gasteiger partial charge in [-0.3, -0.25) is 0 Å². The molecule has 0 aromatic heterocycles. The van der Waals surface area contributed by atoms with Gasteiger partial charge in [-0.1, -0.05) is 0 Å². The van der Waals surface area contributed by atoms with Crippen molar-refractivity contribution in [1.29, 1.82) is 0 Å². The van der Waals surface area contributed by atoms with Crippen LogP contribution in [-0.4, -0.2) is 20.1 Å². The third-order valence-electron chi connectivity index (χ3n) is 0.702. The summed E-state index contributed by atoms with van der Waals surface area (Å²) in [4.78, 5) is 2.26. The zero-order chi connectivity index (χ0) is 4.41. The maximum atomic E-state index is 2.26. The topological polar surface area (TPSA) is 0 Å². The van der Waals surface area contributed by atoms with E-state index in [0.717, 1.165) is 0 Å². The van der Waals surface area contributed by atoms with E-state index in [1.807, 2.05) is 0 Å². The number of halogens is 3. The molecule has 1 aliphatic rings. The first-order valence-corrected chi connectivity index (χ1v) is 3.96. The fourth-order valence-corrected chi connectivity index (χ4v) is 1.60. The van der Waals surface area contributed by atoms with Crippen LogP contribution in [0.1, 0.15) is 6.92 Å². The largest absolute Gasteiger partial charge is 0.147 e. The van der Waals surface area contributed by atoms with Crippen molar-refractivity contribution in [2.24, 2.45) is 0 Å². The van der Waals surface area contributed by atoms with E-state index < -0.39 is 0 Å². The molecule has 1 rings (SSSR count). The average molecular weight is 342 g/mol. The molecule has 0 N–H and O–H groups in total. The molecule has 0 spiro atoms. The van der Waals surface area contributed by atoms with E-state index >= 15 is 0 Å². The van der Waals surface area contributed by atoms with Crippen LogP contribution >= 0.6 is 37.2 Å². The number of allylic oxidation sites excluding steroid dienone is 2. The summed E-state index contributed by atoms with van der Waals surface area (Å²) in [5, 5.41) is 0. The van der Waals surface area contributed by atoms with Crippen LogP contribution < -0.4 is 0 Å². The Labute approximate surface area is 106 Å². The molecular formula is C5H9AsCl3Zr-. The van der Waals surface area contributed by atoms with E-state index in [2.05, 4.69) is 23.9 Å². The van der Waals surface area contributed by atoms with Crippen LogP contribution in [0.15, 0.2) is 12.2 Å². The summed E-state index contributed by atoms with van der Waals surface area (Å²) in [5.41, 5.74) is 0. The molecule has 60 valence electrons. The van der Waals surface area contributed by atoms with Gasteiger partial charge in [0.1, 0.15) is 0 Å². The van der Waals surface area contributed by atoms with Gasteiger partial charge in [0.2, 0.25) is 0 Å². The third kappa shape index (κ3) is 9.79. The van der Waals surface area contributed by atoms with Crippen molar-refractivity contribution in [2.75, 3.05) is 0 Å². The summed E-state index contributed by atoms with van der Waals surface area (Å²) >= 11 is 0.479. The zero-order valence-electron chi connectivity index (χ0n) is 5.40. The average Bonchev–Trinajstić information content (AvgIpc) is 1.86. The maximum absolute atomic E-state index is 2.26. The summed E-state index contributed by atoms with van der Waals surface area (Å²) in [6.45, 7) is 2.18. The zero-order valence-corrected chi connectivity index (χ0v) is 12.2. The first-order valence-electron chi connectivity index (χ1n) is 1.94. The molecule has 0 aromatic carbocycles. The molecule has 0 radical (unpaired) electrons. The molecule has 0 saturated heterocycles. The van der Waals surface area contributed by atoms with Crippen LogP contribution in [0.5, 0.6) is 0 Å². The molecule has 10 heavy (non-hydrogen) atoms. The van der Waals surface area contributed by atoms with E-state index in [0.29, 0.717) is 15.3 Å². The van der Waals surface area contributed by atoms with Crippen molar-refractivity contribution >= 4 is 57.3 Å². The molecule has 0 unspecified atom stereocenters. The second-order valence-corrected chi connectivity index (χ2v) is 3.93. The minimum Gasteiger partial charge on any atom is -0.147 e. The van der Waals surface area contributed by atoms with Gasteiger partial charge >= 0.3 is 43.9 Å². The SMILES string of the molecule is C[C-]1C=CC=[As]1.Cl.Cl.Cl.[Zr]. The Balaban J connectivity index is -0.0000000450. The molecule has 0 fully saturated rings. The Morgan fingerprint density at radius 1 is 1.20 bits per heavy atom. The van der Waals surface area contributed by atoms with E-state index in [9.17, 15) is 0 Å². The molecule has 0 aliphatic carbocycles. The van der Waals surface area contributed by atoms with Gasteiger partial charge in [0.05, 0.1) is 0 Å². The molecule has 0 aromatic rings. The van der Waals surface area contributed by atoms with Gasteiger partial charge in [-0.25, -0.2) is 0 Å². The van der Waals surface area contributed by atoms with Crippen molar-refractivity contribution in [3.05, 3.63) is 16.9 Å². The minimum atomic E-state index is 0. The molecule has 0 bridgehead atoms. The molecule has 5 heteroatoms. The van der Waals surface area contributed by atoms with Gasteiger partial charge in [0, 0.05) is 26.2 Å². The Hall–Kier alpha value is 1.79. The van der Waals surface area contributed by atoms with Crippen molar-refractivity contribution in [2.45, 2.75) is 6.92 Å². The van der Waals surface area contributed by atoms with Crippen molar-refractivity contribution in [1.82, 2.24) is 0 Å². The van der Waals surface area contributed by atoms with Crippen molar-refractivity contribution < 1.29 is 26.2 Å². The predicted octanol–water partition coefficient (Wildman–Crippen LogP) is 1.88. The molecule has 1 aliphatic heterocycles. The molecule has 1 heterocycles. The molecular weight excluding hydrogens is 333 g/mol. The van der Waals surface area contributed by atoms with Gasteiger partial charge in [0.15, 0.2) is 0 Å². The fraction of sp³-hybridized carbons (Fsp3) is 0.200. The monoisotopic (exact) mass is 339 g/mol. The van der Waals surface area contributed by atoms with Gasteiger partial charge in [-0.15, -0.1) is 37.2 Å². The third-order valence-corrected chi connectivity index (χ3v) is 2.54. The van der Waals surface area contributed by atoms with Crippen LogP contribution in [0.3, 0.4) is 0 Å². The van der Waals surface area contributed by atoms with Gasteiger partial charge in [0.25, 0.3) is 0 Å². The fourth-order valence-electron chi connectivity index (χ4n) is 0.386. The van der Waals surface area contributed by atoms with E-state index in [1.165, 1.54) is 0 Å². The Morgan fingerprint density at radius 2 is 1.70 bits per heavy atom. The van der Waals surface area contributed by atoms with Crippen LogP contribution in [0.2, 0.25) is 0 Å². The smallest absolute Gasteiger partial charge is 0 e. The summed E-state index contributed by atoms with van der Waals surface area (Å²) in [7, 11) is 0. The predicted molar refractivity (Wildman–Crippen MR) is 51.6 cm³/mol. The number of hydrogen-bond donors (Lipinski definition) is 0. The molecule has 0 atom stereocenters. The summed E-state index contributed by atoms with van der Waals surface area (Å²) in [6.07, 6.45) is 4.31. The molecule has 0 nitrogen and oxygen atoms in total. The van der Waals surface area contributed by atoms with E-state index in [-0.39, 0.29) is 63.4 Å². The molecule has 0 amide bonds. The normalized spacial score (nSPS) is 11.9. The summed E-state index contributed by atoms with van der Waals surface area (Å²) in [6, 6.07) is 0. The number of rotatable bonds is 0. The second kappa shape index (κ2) is 13.4. The maximum Gasteiger partial charge on any atom is 0 e. The first kappa shape index (κ1) is 22.6. The summed E-state index contributed by atoms with van der Waals surface area (Å²) in [5.74, 6) is 0. The standard InChI is InChI=1S/C5H6As.3ClH.Zr/c1-5-3-2-4-6-5;;;;/h2-4H,1H3;3*1H;/q-1;;;;. The van der Waals surface area contributed by atoms with Gasteiger partial charge < -0.3 is 0 Å². The first-order chi connectivity index (χ1) is 2.89. The van der Waals surface area contributed by atoms with E-state index in [4.69, 9.17) is 0 Å². The van der Waals surface area contributed by atoms with Gasteiger partial charge in [-0.2, -0.15) is 0 Å². The Kier molecular flexibility index (Phi) is 30.3. The van der Waals surface area contributed by atoms with Crippen molar-refractivity contribution in [3.8, 4) is 0 Å². The Bertz CT molecular complexity index is 93.1. The van der Waals surface area contributed by atoms with Crippen molar-refractivity contribution in [3.63, 3.8) is 0 Å². The Morgan fingerprint density at radius 3 is 1.80 bits per heavy atom. The molecule has 0 saturated carbocycles. The van der Waals surface area contributed by atoms with Crippen LogP contribution in [0.4, 0.5) is 0 Å². The second-order valence-electron chi connectivity index (χ2n) is 1.28. The van der Waals surface area contributed by atoms with Crippen LogP contribution in [-0.2, 0) is 26.2 Å².